The van der Waals surface area contributed by atoms with Crippen molar-refractivity contribution in [3.63, 3.8) is 0 Å². The van der Waals surface area contributed by atoms with E-state index < -0.39 is 12.0 Å². The first-order valence-corrected chi connectivity index (χ1v) is 7.26. The Morgan fingerprint density at radius 3 is 2.70 bits per heavy atom. The van der Waals surface area contributed by atoms with Crippen LogP contribution < -0.4 is 0 Å². The SMILES string of the molecule is CC(C(=O)O)N(C(=O)c1cccc2c1CCC2)C1CC1. The molecule has 4 heteroatoms. The fourth-order valence-corrected chi connectivity index (χ4v) is 3.09. The molecule has 0 saturated heterocycles. The van der Waals surface area contributed by atoms with Crippen LogP contribution in [0.3, 0.4) is 0 Å². The number of amides is 1. The van der Waals surface area contributed by atoms with Crippen LogP contribution in [0.4, 0.5) is 0 Å². The Morgan fingerprint density at radius 2 is 2.05 bits per heavy atom. The zero-order valence-corrected chi connectivity index (χ0v) is 11.6. The van der Waals surface area contributed by atoms with Crippen LogP contribution in [0.1, 0.15) is 47.7 Å². The van der Waals surface area contributed by atoms with Gasteiger partial charge in [0.15, 0.2) is 0 Å². The lowest BCUT2D eigenvalue weighted by Gasteiger charge is -2.27. The highest BCUT2D eigenvalue weighted by Gasteiger charge is 2.39. The van der Waals surface area contributed by atoms with E-state index in [9.17, 15) is 14.7 Å². The second-order valence-electron chi connectivity index (χ2n) is 5.75. The molecule has 1 aromatic rings. The molecule has 0 heterocycles. The third-order valence-corrected chi connectivity index (χ3v) is 4.33. The molecule has 1 atom stereocenters. The van der Waals surface area contributed by atoms with E-state index in [0.717, 1.165) is 37.7 Å². The Bertz CT molecular complexity index is 563. The van der Waals surface area contributed by atoms with Crippen LogP contribution >= 0.6 is 0 Å². The molecule has 1 fully saturated rings. The van der Waals surface area contributed by atoms with Gasteiger partial charge in [0.2, 0.25) is 0 Å². The Balaban J connectivity index is 1.94. The van der Waals surface area contributed by atoms with Crippen LogP contribution in [0.25, 0.3) is 0 Å². The number of aryl methyl sites for hydroxylation is 1. The van der Waals surface area contributed by atoms with Gasteiger partial charge >= 0.3 is 5.97 Å². The van der Waals surface area contributed by atoms with Gasteiger partial charge in [-0.05, 0) is 56.2 Å². The first-order valence-electron chi connectivity index (χ1n) is 7.26. The number of aliphatic carboxylic acids is 1. The van der Waals surface area contributed by atoms with Crippen LogP contribution in [0, 0.1) is 0 Å². The average Bonchev–Trinajstić information content (AvgIpc) is 3.14. The van der Waals surface area contributed by atoms with Gasteiger partial charge in [0.25, 0.3) is 5.91 Å². The van der Waals surface area contributed by atoms with E-state index in [2.05, 4.69) is 6.07 Å². The molecule has 106 valence electrons. The van der Waals surface area contributed by atoms with Crippen molar-refractivity contribution in [1.82, 2.24) is 4.90 Å². The van der Waals surface area contributed by atoms with Crippen LogP contribution in [0.5, 0.6) is 0 Å². The fourth-order valence-electron chi connectivity index (χ4n) is 3.09. The molecule has 4 nitrogen and oxygen atoms in total. The lowest BCUT2D eigenvalue weighted by atomic mass is 10.0. The van der Waals surface area contributed by atoms with Crippen LogP contribution in [-0.2, 0) is 17.6 Å². The summed E-state index contributed by atoms with van der Waals surface area (Å²) in [6.07, 6.45) is 4.86. The summed E-state index contributed by atoms with van der Waals surface area (Å²) < 4.78 is 0. The van der Waals surface area contributed by atoms with Gasteiger partial charge in [0.05, 0.1) is 0 Å². The number of carbonyl (C=O) groups excluding carboxylic acids is 1. The number of rotatable bonds is 4. The smallest absolute Gasteiger partial charge is 0.326 e. The molecule has 0 aromatic heterocycles. The fraction of sp³-hybridized carbons (Fsp3) is 0.500. The predicted molar refractivity (Wildman–Crippen MR) is 74.8 cm³/mol. The molecule has 0 aliphatic heterocycles. The van der Waals surface area contributed by atoms with Crippen molar-refractivity contribution in [2.75, 3.05) is 0 Å². The van der Waals surface area contributed by atoms with Gasteiger partial charge in [-0.3, -0.25) is 4.79 Å². The number of carbonyl (C=O) groups is 2. The maximum Gasteiger partial charge on any atom is 0.326 e. The average molecular weight is 273 g/mol. The van der Waals surface area contributed by atoms with E-state index in [-0.39, 0.29) is 11.9 Å². The van der Waals surface area contributed by atoms with E-state index in [1.807, 2.05) is 12.1 Å². The van der Waals surface area contributed by atoms with Gasteiger partial charge in [-0.2, -0.15) is 0 Å². The molecular formula is C16H19NO3. The van der Waals surface area contributed by atoms with Gasteiger partial charge in [0, 0.05) is 11.6 Å². The highest BCUT2D eigenvalue weighted by atomic mass is 16.4. The topological polar surface area (TPSA) is 57.6 Å². The standard InChI is InChI=1S/C16H19NO3/c1-10(16(19)20)17(12-8-9-12)15(18)14-7-3-5-11-4-2-6-13(11)14/h3,5,7,10,12H,2,4,6,8-9H2,1H3,(H,19,20). The normalized spacial score (nSPS) is 18.4. The Hall–Kier alpha value is -1.84. The van der Waals surface area contributed by atoms with Gasteiger partial charge in [0.1, 0.15) is 6.04 Å². The number of fused-ring (bicyclic) bond motifs is 1. The zero-order valence-electron chi connectivity index (χ0n) is 11.6. The molecule has 1 amide bonds. The summed E-state index contributed by atoms with van der Waals surface area (Å²) in [6, 6.07) is 5.17. The lowest BCUT2D eigenvalue weighted by Crippen LogP contribution is -2.45. The van der Waals surface area contributed by atoms with E-state index in [4.69, 9.17) is 0 Å². The highest BCUT2D eigenvalue weighted by Crippen LogP contribution is 2.33. The summed E-state index contributed by atoms with van der Waals surface area (Å²) in [5, 5.41) is 9.22. The first-order chi connectivity index (χ1) is 9.59. The molecule has 1 unspecified atom stereocenters. The summed E-state index contributed by atoms with van der Waals surface area (Å²) in [6.45, 7) is 1.60. The second kappa shape index (κ2) is 4.93. The molecule has 0 bridgehead atoms. The number of hydrogen-bond acceptors (Lipinski definition) is 2. The van der Waals surface area contributed by atoms with Crippen LogP contribution in [0.2, 0.25) is 0 Å². The maximum atomic E-state index is 12.8. The third kappa shape index (κ3) is 2.19. The van der Waals surface area contributed by atoms with Crippen molar-refractivity contribution in [3.05, 3.63) is 34.9 Å². The van der Waals surface area contributed by atoms with Crippen molar-refractivity contribution >= 4 is 11.9 Å². The maximum absolute atomic E-state index is 12.8. The number of carboxylic acid groups (broad SMARTS) is 1. The van der Waals surface area contributed by atoms with Gasteiger partial charge in [-0.1, -0.05) is 12.1 Å². The molecule has 2 aliphatic carbocycles. The quantitative estimate of drug-likeness (QED) is 0.915. The summed E-state index contributed by atoms with van der Waals surface area (Å²) in [4.78, 5) is 25.6. The van der Waals surface area contributed by atoms with Crippen molar-refractivity contribution in [2.45, 2.75) is 51.1 Å². The molecule has 0 radical (unpaired) electrons. The highest BCUT2D eigenvalue weighted by molar-refractivity contribution is 5.98. The molecule has 20 heavy (non-hydrogen) atoms. The van der Waals surface area contributed by atoms with Gasteiger partial charge in [-0.15, -0.1) is 0 Å². The minimum absolute atomic E-state index is 0.103. The largest absolute Gasteiger partial charge is 0.480 e. The lowest BCUT2D eigenvalue weighted by molar-refractivity contribution is -0.141. The van der Waals surface area contributed by atoms with Crippen molar-refractivity contribution in [3.8, 4) is 0 Å². The number of carboxylic acids is 1. The second-order valence-corrected chi connectivity index (χ2v) is 5.75. The molecule has 2 aliphatic rings. The van der Waals surface area contributed by atoms with E-state index >= 15 is 0 Å². The van der Waals surface area contributed by atoms with Crippen LogP contribution in [-0.4, -0.2) is 34.0 Å². The van der Waals surface area contributed by atoms with Gasteiger partial charge in [-0.25, -0.2) is 4.79 Å². The molecule has 0 spiro atoms. The van der Waals surface area contributed by atoms with Crippen molar-refractivity contribution in [2.24, 2.45) is 0 Å². The Morgan fingerprint density at radius 1 is 1.30 bits per heavy atom. The Labute approximate surface area is 118 Å². The molecule has 3 rings (SSSR count). The summed E-state index contributed by atoms with van der Waals surface area (Å²) >= 11 is 0. The van der Waals surface area contributed by atoms with Gasteiger partial charge < -0.3 is 10.0 Å². The van der Waals surface area contributed by atoms with E-state index in [0.29, 0.717) is 5.56 Å². The minimum atomic E-state index is -0.933. The predicted octanol–water partition coefficient (Wildman–Crippen LogP) is 2.25. The number of nitrogens with zero attached hydrogens (tertiary/aromatic N) is 1. The summed E-state index contributed by atoms with van der Waals surface area (Å²) in [5.74, 6) is -1.04. The monoisotopic (exact) mass is 273 g/mol. The molecular weight excluding hydrogens is 254 g/mol. The van der Waals surface area contributed by atoms with E-state index in [1.165, 1.54) is 5.56 Å². The van der Waals surface area contributed by atoms with Crippen molar-refractivity contribution in [1.29, 1.82) is 0 Å². The Kier molecular flexibility index (Phi) is 3.24. The van der Waals surface area contributed by atoms with Crippen LogP contribution in [0.15, 0.2) is 18.2 Å². The number of benzene rings is 1. The number of hydrogen-bond donors (Lipinski definition) is 1. The minimum Gasteiger partial charge on any atom is -0.480 e. The summed E-state index contributed by atoms with van der Waals surface area (Å²) in [5.41, 5.74) is 3.08. The summed E-state index contributed by atoms with van der Waals surface area (Å²) in [7, 11) is 0. The molecule has 1 saturated carbocycles. The third-order valence-electron chi connectivity index (χ3n) is 4.33. The molecule has 1 aromatic carbocycles. The van der Waals surface area contributed by atoms with Crippen molar-refractivity contribution < 1.29 is 14.7 Å². The zero-order chi connectivity index (χ0) is 14.3. The van der Waals surface area contributed by atoms with E-state index in [1.54, 1.807) is 11.8 Å². The molecule has 1 N–H and O–H groups in total. The first kappa shape index (κ1) is 13.2.